The van der Waals surface area contributed by atoms with Gasteiger partial charge < -0.3 is 14.2 Å². The minimum atomic E-state index is -0.497. The predicted molar refractivity (Wildman–Crippen MR) is 98.9 cm³/mol. The van der Waals surface area contributed by atoms with E-state index in [-0.39, 0.29) is 19.0 Å². The maximum atomic E-state index is 12.8. The Morgan fingerprint density at radius 2 is 1.30 bits per heavy atom. The highest BCUT2D eigenvalue weighted by Gasteiger charge is 2.06. The number of hydrogen-bond donors (Lipinski definition) is 0. The van der Waals surface area contributed by atoms with E-state index in [1.54, 1.807) is 36.4 Å². The molecule has 4 nitrogen and oxygen atoms in total. The van der Waals surface area contributed by atoms with Gasteiger partial charge in [0.05, 0.1) is 0 Å². The van der Waals surface area contributed by atoms with Gasteiger partial charge in [-0.2, -0.15) is 0 Å². The molecule has 0 aliphatic rings. The number of carbonyl (C=O) groups excluding carboxylic acids is 1. The number of halogens is 1. The molecule has 138 valence electrons. The summed E-state index contributed by atoms with van der Waals surface area (Å²) in [5, 5.41) is 0. The quantitative estimate of drug-likeness (QED) is 0.550. The molecular formula is C22H19FO4. The van der Waals surface area contributed by atoms with Crippen molar-refractivity contribution >= 4 is 5.97 Å². The van der Waals surface area contributed by atoms with Gasteiger partial charge in [-0.05, 0) is 47.5 Å². The van der Waals surface area contributed by atoms with Crippen LogP contribution in [0.3, 0.4) is 0 Å². The maximum Gasteiger partial charge on any atom is 0.344 e. The van der Waals surface area contributed by atoms with Gasteiger partial charge in [0.2, 0.25) is 0 Å². The van der Waals surface area contributed by atoms with Gasteiger partial charge in [0, 0.05) is 0 Å². The molecule has 3 rings (SSSR count). The van der Waals surface area contributed by atoms with Crippen molar-refractivity contribution in [2.24, 2.45) is 0 Å². The van der Waals surface area contributed by atoms with Crippen LogP contribution in [0.25, 0.3) is 0 Å². The average Bonchev–Trinajstić information content (AvgIpc) is 2.72. The van der Waals surface area contributed by atoms with Crippen LogP contribution in [0.2, 0.25) is 0 Å². The van der Waals surface area contributed by atoms with Crippen molar-refractivity contribution in [3.05, 3.63) is 95.8 Å². The third kappa shape index (κ3) is 6.15. The zero-order valence-electron chi connectivity index (χ0n) is 14.6. The molecule has 0 saturated carbocycles. The summed E-state index contributed by atoms with van der Waals surface area (Å²) in [7, 11) is 0. The minimum absolute atomic E-state index is 0.0781. The monoisotopic (exact) mass is 366 g/mol. The number of ether oxygens (including phenoxy) is 3. The lowest BCUT2D eigenvalue weighted by Crippen LogP contribution is -2.14. The summed E-state index contributed by atoms with van der Waals surface area (Å²) in [6.45, 7) is 0.358. The molecule has 0 atom stereocenters. The van der Waals surface area contributed by atoms with E-state index in [1.165, 1.54) is 12.1 Å². The zero-order valence-corrected chi connectivity index (χ0v) is 14.6. The standard InChI is InChI=1S/C22H19FO4/c23-19-8-6-18(7-9-19)15-27-22(24)16-26-21-12-10-20(11-13-21)25-14-17-4-2-1-3-5-17/h1-13H,14-16H2. The average molecular weight is 366 g/mol. The normalized spacial score (nSPS) is 10.3. The van der Waals surface area contributed by atoms with Gasteiger partial charge in [-0.15, -0.1) is 0 Å². The first-order valence-corrected chi connectivity index (χ1v) is 8.49. The second kappa shape index (κ2) is 9.38. The van der Waals surface area contributed by atoms with Crippen LogP contribution < -0.4 is 9.47 Å². The Labute approximate surface area is 157 Å². The van der Waals surface area contributed by atoms with E-state index in [9.17, 15) is 9.18 Å². The SMILES string of the molecule is O=C(COc1ccc(OCc2ccccc2)cc1)OCc1ccc(F)cc1. The Morgan fingerprint density at radius 1 is 0.704 bits per heavy atom. The van der Waals surface area contributed by atoms with E-state index in [0.717, 1.165) is 5.56 Å². The van der Waals surface area contributed by atoms with E-state index in [4.69, 9.17) is 14.2 Å². The van der Waals surface area contributed by atoms with Crippen LogP contribution in [-0.4, -0.2) is 12.6 Å². The molecule has 27 heavy (non-hydrogen) atoms. The Kier molecular flexibility index (Phi) is 6.41. The molecule has 0 unspecified atom stereocenters. The lowest BCUT2D eigenvalue weighted by Gasteiger charge is -2.09. The summed E-state index contributed by atoms with van der Waals surface area (Å²) in [5.74, 6) is 0.430. The first-order valence-electron chi connectivity index (χ1n) is 8.49. The molecule has 0 N–H and O–H groups in total. The molecule has 0 saturated heterocycles. The van der Waals surface area contributed by atoms with Crippen molar-refractivity contribution < 1.29 is 23.4 Å². The van der Waals surface area contributed by atoms with Crippen LogP contribution in [0.5, 0.6) is 11.5 Å². The predicted octanol–water partition coefficient (Wildman–Crippen LogP) is 4.53. The fourth-order valence-corrected chi connectivity index (χ4v) is 2.30. The molecule has 0 aliphatic heterocycles. The highest BCUT2D eigenvalue weighted by Crippen LogP contribution is 2.18. The largest absolute Gasteiger partial charge is 0.489 e. The van der Waals surface area contributed by atoms with Gasteiger partial charge >= 0.3 is 5.97 Å². The van der Waals surface area contributed by atoms with Crippen LogP contribution in [-0.2, 0) is 22.7 Å². The van der Waals surface area contributed by atoms with Gasteiger partial charge in [-0.3, -0.25) is 0 Å². The van der Waals surface area contributed by atoms with Crippen molar-refractivity contribution in [2.75, 3.05) is 6.61 Å². The molecule has 0 bridgehead atoms. The zero-order chi connectivity index (χ0) is 18.9. The molecule has 3 aromatic carbocycles. The van der Waals surface area contributed by atoms with Crippen molar-refractivity contribution in [3.8, 4) is 11.5 Å². The smallest absolute Gasteiger partial charge is 0.344 e. The van der Waals surface area contributed by atoms with Gasteiger partial charge in [0.15, 0.2) is 6.61 Å². The highest BCUT2D eigenvalue weighted by molar-refractivity contribution is 5.71. The van der Waals surface area contributed by atoms with E-state index in [0.29, 0.717) is 23.7 Å². The van der Waals surface area contributed by atoms with Gasteiger partial charge in [-0.25, -0.2) is 9.18 Å². The summed E-state index contributed by atoms with van der Waals surface area (Å²) >= 11 is 0. The Balaban J connectivity index is 1.40. The van der Waals surface area contributed by atoms with Crippen molar-refractivity contribution in [1.29, 1.82) is 0 Å². The van der Waals surface area contributed by atoms with Gasteiger partial charge in [-0.1, -0.05) is 42.5 Å². The summed E-state index contributed by atoms with van der Waals surface area (Å²) < 4.78 is 29.0. The van der Waals surface area contributed by atoms with E-state index in [1.807, 2.05) is 30.3 Å². The lowest BCUT2D eigenvalue weighted by molar-refractivity contribution is -0.147. The summed E-state index contributed by atoms with van der Waals surface area (Å²) in [5.41, 5.74) is 1.80. The van der Waals surface area contributed by atoms with Crippen LogP contribution in [0.15, 0.2) is 78.9 Å². The van der Waals surface area contributed by atoms with Crippen molar-refractivity contribution in [1.82, 2.24) is 0 Å². The first-order chi connectivity index (χ1) is 13.2. The number of hydrogen-bond acceptors (Lipinski definition) is 4. The molecule has 0 radical (unpaired) electrons. The second-order valence-electron chi connectivity index (χ2n) is 5.82. The van der Waals surface area contributed by atoms with Crippen LogP contribution in [0, 0.1) is 5.82 Å². The van der Waals surface area contributed by atoms with E-state index < -0.39 is 5.97 Å². The Hall–Kier alpha value is -3.34. The molecule has 0 aromatic heterocycles. The lowest BCUT2D eigenvalue weighted by atomic mass is 10.2. The third-order valence-electron chi connectivity index (χ3n) is 3.74. The van der Waals surface area contributed by atoms with Crippen molar-refractivity contribution in [3.63, 3.8) is 0 Å². The molecule has 3 aromatic rings. The van der Waals surface area contributed by atoms with E-state index in [2.05, 4.69) is 0 Å². The fourth-order valence-electron chi connectivity index (χ4n) is 2.30. The topological polar surface area (TPSA) is 44.8 Å². The fraction of sp³-hybridized carbons (Fsp3) is 0.136. The van der Waals surface area contributed by atoms with Crippen LogP contribution in [0.4, 0.5) is 4.39 Å². The molecule has 0 heterocycles. The van der Waals surface area contributed by atoms with Crippen molar-refractivity contribution in [2.45, 2.75) is 13.2 Å². The molecule has 0 amide bonds. The molecule has 0 fully saturated rings. The van der Waals surface area contributed by atoms with Gasteiger partial charge in [0.25, 0.3) is 0 Å². The number of benzene rings is 3. The molecule has 0 spiro atoms. The Bertz CT molecular complexity index is 846. The summed E-state index contributed by atoms with van der Waals surface area (Å²) in [4.78, 5) is 11.7. The van der Waals surface area contributed by atoms with Crippen LogP contribution in [0.1, 0.15) is 11.1 Å². The number of rotatable bonds is 8. The Morgan fingerprint density at radius 3 is 1.96 bits per heavy atom. The maximum absolute atomic E-state index is 12.8. The van der Waals surface area contributed by atoms with E-state index >= 15 is 0 Å². The third-order valence-corrected chi connectivity index (χ3v) is 3.74. The van der Waals surface area contributed by atoms with Gasteiger partial charge in [0.1, 0.15) is 30.5 Å². The minimum Gasteiger partial charge on any atom is -0.489 e. The first kappa shape index (κ1) is 18.5. The number of esters is 1. The number of carbonyl (C=O) groups is 1. The summed E-state index contributed by atoms with van der Waals surface area (Å²) in [6.07, 6.45) is 0. The highest BCUT2D eigenvalue weighted by atomic mass is 19.1. The molecular weight excluding hydrogens is 347 g/mol. The second-order valence-corrected chi connectivity index (χ2v) is 5.82. The van der Waals surface area contributed by atoms with Crippen LogP contribution >= 0.6 is 0 Å². The molecule has 5 heteroatoms. The summed E-state index contributed by atoms with van der Waals surface area (Å²) in [6, 6.07) is 22.7. The molecule has 0 aliphatic carbocycles.